The van der Waals surface area contributed by atoms with Crippen molar-refractivity contribution in [2.45, 2.75) is 44.8 Å². The van der Waals surface area contributed by atoms with Crippen LogP contribution in [-0.4, -0.2) is 69.1 Å². The van der Waals surface area contributed by atoms with Crippen molar-refractivity contribution in [1.82, 2.24) is 15.3 Å². The highest BCUT2D eigenvalue weighted by atomic mass is 19.1. The standard InChI is InChI=1S/C26H26FN3O2.C4H6O5/c1-15-2-5-19-22(29-15)8-9-25-26(19)32-18(14-31-25)13-28-12-16-3-6-23-20(10-16)21-11-17(27)4-7-24(21)30-23;5-2(4(8)9)1-3(6)7/h2,4-5,7-9,11,16,18,28,30H,3,6,10,12-14H2,1H3;2,5H,1H2,(H,6,7)(H,8,9)/t16-,18-;/m0./s1. The Morgan fingerprint density at radius 3 is 2.73 bits per heavy atom. The number of aromatic amines is 1. The van der Waals surface area contributed by atoms with Gasteiger partial charge in [-0.3, -0.25) is 9.78 Å². The molecule has 1 aliphatic heterocycles. The molecule has 0 saturated carbocycles. The molecular weight excluding hydrogens is 533 g/mol. The Balaban J connectivity index is 0.000000327. The van der Waals surface area contributed by atoms with Crippen LogP contribution in [0.15, 0.2) is 42.5 Å². The molecule has 11 heteroatoms. The molecule has 2 aromatic heterocycles. The SMILES string of the molecule is Cc1ccc2c3c(ccc2n1)OC[C@H](CNC[C@H]1CCc2[nH]c4ccc(F)cc4c2C1)O3.O=C(O)CC(O)C(=O)O. The molecular formula is C30H32FN3O7. The maximum absolute atomic E-state index is 13.8. The summed E-state index contributed by atoms with van der Waals surface area (Å²) < 4.78 is 26.1. The van der Waals surface area contributed by atoms with E-state index in [0.29, 0.717) is 12.5 Å². The van der Waals surface area contributed by atoms with Gasteiger partial charge in [0, 0.05) is 34.2 Å². The molecule has 3 heterocycles. The van der Waals surface area contributed by atoms with Gasteiger partial charge in [0.2, 0.25) is 0 Å². The first-order valence-electron chi connectivity index (χ1n) is 13.5. The second-order valence-electron chi connectivity index (χ2n) is 10.5. The smallest absolute Gasteiger partial charge is 0.333 e. The molecule has 1 aliphatic carbocycles. The highest BCUT2D eigenvalue weighted by Gasteiger charge is 2.26. The Morgan fingerprint density at radius 2 is 1.98 bits per heavy atom. The molecule has 0 bridgehead atoms. The van der Waals surface area contributed by atoms with Gasteiger partial charge in [-0.1, -0.05) is 0 Å². The van der Waals surface area contributed by atoms with Gasteiger partial charge in [0.1, 0.15) is 18.5 Å². The van der Waals surface area contributed by atoms with Gasteiger partial charge in [0.15, 0.2) is 17.6 Å². The molecule has 1 unspecified atom stereocenters. The van der Waals surface area contributed by atoms with Gasteiger partial charge in [-0.25, -0.2) is 9.18 Å². The number of nitrogens with one attached hydrogen (secondary N) is 2. The lowest BCUT2D eigenvalue weighted by Crippen LogP contribution is -2.40. The number of rotatable bonds is 7. The first-order chi connectivity index (χ1) is 19.7. The van der Waals surface area contributed by atoms with E-state index in [0.717, 1.165) is 71.4 Å². The molecule has 2 aliphatic rings. The minimum absolute atomic E-state index is 0.0456. The molecule has 3 atom stereocenters. The van der Waals surface area contributed by atoms with E-state index < -0.39 is 24.5 Å². The Labute approximate surface area is 235 Å². The number of carboxylic acids is 2. The van der Waals surface area contributed by atoms with Gasteiger partial charge < -0.3 is 35.1 Å². The van der Waals surface area contributed by atoms with Crippen LogP contribution in [0.5, 0.6) is 11.5 Å². The van der Waals surface area contributed by atoms with E-state index in [1.165, 1.54) is 17.3 Å². The molecule has 0 radical (unpaired) electrons. The van der Waals surface area contributed by atoms with Gasteiger partial charge in [-0.2, -0.15) is 0 Å². The molecule has 41 heavy (non-hydrogen) atoms. The van der Waals surface area contributed by atoms with Crippen molar-refractivity contribution in [2.75, 3.05) is 19.7 Å². The molecule has 0 saturated heterocycles. The van der Waals surface area contributed by atoms with Gasteiger partial charge in [-0.15, -0.1) is 0 Å². The van der Waals surface area contributed by atoms with E-state index >= 15 is 0 Å². The number of aromatic nitrogens is 2. The summed E-state index contributed by atoms with van der Waals surface area (Å²) in [4.78, 5) is 27.5. The molecule has 5 N–H and O–H groups in total. The number of fused-ring (bicyclic) bond motifs is 6. The van der Waals surface area contributed by atoms with Gasteiger partial charge in [0.25, 0.3) is 0 Å². The third kappa shape index (κ3) is 6.58. The average Bonchev–Trinajstić information content (AvgIpc) is 3.30. The Morgan fingerprint density at radius 1 is 1.15 bits per heavy atom. The highest BCUT2D eigenvalue weighted by molar-refractivity contribution is 5.88. The number of ether oxygens (including phenoxy) is 2. The summed E-state index contributed by atoms with van der Waals surface area (Å²) in [5, 5.41) is 29.8. The summed E-state index contributed by atoms with van der Waals surface area (Å²) in [5.74, 6) is -0.925. The minimum atomic E-state index is -1.79. The lowest BCUT2D eigenvalue weighted by Gasteiger charge is -2.29. The number of H-pyrrole nitrogens is 1. The number of carboxylic acid groups (broad SMARTS) is 2. The Hall–Kier alpha value is -4.22. The highest BCUT2D eigenvalue weighted by Crippen LogP contribution is 2.38. The van der Waals surface area contributed by atoms with E-state index in [-0.39, 0.29) is 11.9 Å². The number of halogens is 1. The van der Waals surface area contributed by atoms with E-state index in [4.69, 9.17) is 24.8 Å². The number of aliphatic hydroxyl groups excluding tert-OH is 1. The van der Waals surface area contributed by atoms with Crippen LogP contribution in [-0.2, 0) is 22.4 Å². The number of aliphatic carboxylic acids is 2. The van der Waals surface area contributed by atoms with E-state index in [9.17, 15) is 14.0 Å². The minimum Gasteiger partial charge on any atom is -0.486 e. The normalized spacial score (nSPS) is 18.3. The van der Waals surface area contributed by atoms with Crippen molar-refractivity contribution >= 4 is 33.7 Å². The third-order valence-electron chi connectivity index (χ3n) is 7.34. The number of hydrogen-bond donors (Lipinski definition) is 5. The zero-order valence-electron chi connectivity index (χ0n) is 22.5. The zero-order chi connectivity index (χ0) is 29.1. The average molecular weight is 566 g/mol. The van der Waals surface area contributed by atoms with Crippen molar-refractivity contribution in [3.63, 3.8) is 0 Å². The second kappa shape index (κ2) is 12.1. The number of benzene rings is 2. The maximum atomic E-state index is 13.8. The topological polar surface area (TPSA) is 154 Å². The lowest BCUT2D eigenvalue weighted by atomic mass is 9.86. The van der Waals surface area contributed by atoms with Crippen LogP contribution in [0.4, 0.5) is 4.39 Å². The fraction of sp³-hybridized carbons (Fsp3) is 0.367. The first-order valence-corrected chi connectivity index (χ1v) is 13.5. The second-order valence-corrected chi connectivity index (χ2v) is 10.5. The molecule has 10 nitrogen and oxygen atoms in total. The molecule has 6 rings (SSSR count). The molecule has 0 amide bonds. The summed E-state index contributed by atoms with van der Waals surface area (Å²) in [7, 11) is 0. The van der Waals surface area contributed by atoms with Crippen LogP contribution in [0, 0.1) is 18.7 Å². The zero-order valence-corrected chi connectivity index (χ0v) is 22.5. The van der Waals surface area contributed by atoms with Crippen LogP contribution in [0.3, 0.4) is 0 Å². The maximum Gasteiger partial charge on any atom is 0.333 e. The van der Waals surface area contributed by atoms with E-state index in [1.54, 1.807) is 6.07 Å². The molecule has 0 spiro atoms. The van der Waals surface area contributed by atoms with E-state index in [1.807, 2.05) is 31.2 Å². The largest absolute Gasteiger partial charge is 0.486 e. The van der Waals surface area contributed by atoms with Gasteiger partial charge in [0.05, 0.1) is 11.9 Å². The molecule has 216 valence electrons. The van der Waals surface area contributed by atoms with Crippen LogP contribution >= 0.6 is 0 Å². The first kappa shape index (κ1) is 28.3. The number of pyridine rings is 1. The summed E-state index contributed by atoms with van der Waals surface area (Å²) in [5.41, 5.74) is 5.49. The molecule has 2 aromatic carbocycles. The summed E-state index contributed by atoms with van der Waals surface area (Å²) in [6.07, 6.45) is 0.503. The number of aliphatic hydroxyl groups is 1. The lowest BCUT2D eigenvalue weighted by molar-refractivity contribution is -0.152. The number of hydrogen-bond acceptors (Lipinski definition) is 7. The quantitative estimate of drug-likeness (QED) is 0.226. The summed E-state index contributed by atoms with van der Waals surface area (Å²) >= 11 is 0. The predicted molar refractivity (Wildman–Crippen MR) is 149 cm³/mol. The van der Waals surface area contributed by atoms with Crippen LogP contribution in [0.25, 0.3) is 21.8 Å². The van der Waals surface area contributed by atoms with Gasteiger partial charge >= 0.3 is 11.9 Å². The van der Waals surface area contributed by atoms with Crippen molar-refractivity contribution in [3.8, 4) is 11.5 Å². The number of aryl methyl sites for hydroxylation is 2. The van der Waals surface area contributed by atoms with Crippen molar-refractivity contribution in [3.05, 3.63) is 65.2 Å². The van der Waals surface area contributed by atoms with Crippen molar-refractivity contribution < 1.29 is 38.8 Å². The number of nitrogens with zero attached hydrogens (tertiary/aromatic N) is 1. The van der Waals surface area contributed by atoms with Gasteiger partial charge in [-0.05, 0) is 86.7 Å². The Kier molecular flexibility index (Phi) is 8.36. The Bertz CT molecular complexity index is 1590. The summed E-state index contributed by atoms with van der Waals surface area (Å²) in [6, 6.07) is 13.0. The fourth-order valence-corrected chi connectivity index (χ4v) is 5.31. The third-order valence-corrected chi connectivity index (χ3v) is 7.34. The number of carbonyl (C=O) groups is 2. The predicted octanol–water partition coefficient (Wildman–Crippen LogP) is 3.60. The van der Waals surface area contributed by atoms with Crippen LogP contribution in [0.2, 0.25) is 0 Å². The summed E-state index contributed by atoms with van der Waals surface area (Å²) in [6.45, 7) is 4.15. The molecule has 0 fully saturated rings. The van der Waals surface area contributed by atoms with Crippen LogP contribution < -0.4 is 14.8 Å². The van der Waals surface area contributed by atoms with Crippen LogP contribution in [0.1, 0.15) is 29.8 Å². The van der Waals surface area contributed by atoms with Crippen molar-refractivity contribution in [1.29, 1.82) is 0 Å². The monoisotopic (exact) mass is 565 g/mol. The van der Waals surface area contributed by atoms with E-state index in [2.05, 4.69) is 21.4 Å². The fourth-order valence-electron chi connectivity index (χ4n) is 5.31. The molecule has 4 aromatic rings. The van der Waals surface area contributed by atoms with Crippen molar-refractivity contribution in [2.24, 2.45) is 5.92 Å².